The number of rotatable bonds is 12. The number of hydrogen-bond acceptors (Lipinski definition) is 6. The lowest BCUT2D eigenvalue weighted by atomic mass is 10.1. The maximum absolute atomic E-state index is 9.74. The van der Waals surface area contributed by atoms with Crippen molar-refractivity contribution >= 4 is 0 Å². The molecule has 0 aliphatic rings. The summed E-state index contributed by atoms with van der Waals surface area (Å²) in [5.41, 5.74) is 2.24. The van der Waals surface area contributed by atoms with Crippen molar-refractivity contribution in [2.45, 2.75) is 65.2 Å². The Balaban J connectivity index is 2.92. The fourth-order valence-electron chi connectivity index (χ4n) is 3.25. The van der Waals surface area contributed by atoms with Gasteiger partial charge < -0.3 is 20.4 Å². The molecule has 0 saturated heterocycles. The molecule has 0 aliphatic carbocycles. The minimum absolute atomic E-state index is 0.470. The van der Waals surface area contributed by atoms with Crippen LogP contribution in [0.3, 0.4) is 0 Å². The van der Waals surface area contributed by atoms with Gasteiger partial charge in [0.05, 0.1) is 24.4 Å². The van der Waals surface area contributed by atoms with E-state index in [0.29, 0.717) is 39.3 Å². The lowest BCUT2D eigenvalue weighted by molar-refractivity contribution is 0.0748. The standard InChI is InChI=1S/C20H36N2O4/c1-15(23)9-21(10-16(2)24)13-19-7-5-6-8-20(19)14-22(11-17(3)25)12-18(4)26/h5-8,15-18,23-26H,9-14H2,1-4H3. The minimum Gasteiger partial charge on any atom is -0.392 e. The molecule has 1 rings (SSSR count). The Hall–Kier alpha value is -1.02. The van der Waals surface area contributed by atoms with E-state index < -0.39 is 24.4 Å². The van der Waals surface area contributed by atoms with Crippen molar-refractivity contribution < 1.29 is 20.4 Å². The molecule has 26 heavy (non-hydrogen) atoms. The number of nitrogens with zero attached hydrogens (tertiary/aromatic N) is 2. The van der Waals surface area contributed by atoms with Crippen molar-refractivity contribution in [3.8, 4) is 0 Å². The van der Waals surface area contributed by atoms with Crippen LogP contribution in [0.2, 0.25) is 0 Å². The number of hydrogen-bond donors (Lipinski definition) is 4. The van der Waals surface area contributed by atoms with Crippen LogP contribution in [-0.2, 0) is 13.1 Å². The number of aliphatic hydroxyl groups excluding tert-OH is 4. The zero-order valence-corrected chi connectivity index (χ0v) is 16.5. The van der Waals surface area contributed by atoms with Gasteiger partial charge in [-0.05, 0) is 38.8 Å². The molecule has 0 bridgehead atoms. The van der Waals surface area contributed by atoms with Crippen LogP contribution in [0.1, 0.15) is 38.8 Å². The van der Waals surface area contributed by atoms with Crippen molar-refractivity contribution in [1.29, 1.82) is 0 Å². The third-order valence-electron chi connectivity index (χ3n) is 4.00. The highest BCUT2D eigenvalue weighted by atomic mass is 16.3. The fraction of sp³-hybridized carbons (Fsp3) is 0.700. The van der Waals surface area contributed by atoms with Crippen LogP contribution in [0.25, 0.3) is 0 Å². The zero-order valence-electron chi connectivity index (χ0n) is 16.5. The largest absolute Gasteiger partial charge is 0.392 e. The van der Waals surface area contributed by atoms with Crippen LogP contribution in [0.4, 0.5) is 0 Å². The Kier molecular flexibility index (Phi) is 10.3. The van der Waals surface area contributed by atoms with E-state index in [2.05, 4.69) is 12.1 Å². The quantitative estimate of drug-likeness (QED) is 0.437. The summed E-state index contributed by atoms with van der Waals surface area (Å²) >= 11 is 0. The van der Waals surface area contributed by atoms with E-state index in [1.54, 1.807) is 27.7 Å². The topological polar surface area (TPSA) is 87.4 Å². The molecule has 6 nitrogen and oxygen atoms in total. The Labute approximate surface area is 157 Å². The smallest absolute Gasteiger partial charge is 0.0639 e. The van der Waals surface area contributed by atoms with Crippen LogP contribution in [0.15, 0.2) is 24.3 Å². The van der Waals surface area contributed by atoms with Crippen LogP contribution in [0, 0.1) is 0 Å². The highest BCUT2D eigenvalue weighted by Gasteiger charge is 2.16. The van der Waals surface area contributed by atoms with E-state index in [-0.39, 0.29) is 0 Å². The molecule has 0 aromatic heterocycles. The first-order valence-corrected chi connectivity index (χ1v) is 9.41. The molecule has 0 heterocycles. The summed E-state index contributed by atoms with van der Waals surface area (Å²) in [6.45, 7) is 10.2. The van der Waals surface area contributed by atoms with Gasteiger partial charge in [0.1, 0.15) is 0 Å². The molecule has 0 aliphatic heterocycles. The predicted molar refractivity (Wildman–Crippen MR) is 104 cm³/mol. The summed E-state index contributed by atoms with van der Waals surface area (Å²) < 4.78 is 0. The van der Waals surface area contributed by atoms with Gasteiger partial charge in [-0.3, -0.25) is 9.80 Å². The van der Waals surface area contributed by atoms with Crippen LogP contribution < -0.4 is 0 Å². The molecule has 4 N–H and O–H groups in total. The number of aliphatic hydroxyl groups is 4. The Morgan fingerprint density at radius 3 is 1.12 bits per heavy atom. The van der Waals surface area contributed by atoms with E-state index >= 15 is 0 Å². The SMILES string of the molecule is CC(O)CN(Cc1ccccc1CN(CC(C)O)CC(C)O)CC(C)O. The first kappa shape index (κ1) is 23.0. The normalized spacial score (nSPS) is 16.7. The van der Waals surface area contributed by atoms with E-state index in [0.717, 1.165) is 11.1 Å². The lowest BCUT2D eigenvalue weighted by Gasteiger charge is -2.29. The first-order chi connectivity index (χ1) is 12.2. The minimum atomic E-state index is -0.470. The molecule has 0 spiro atoms. The van der Waals surface area contributed by atoms with E-state index in [1.165, 1.54) is 0 Å². The van der Waals surface area contributed by atoms with Gasteiger partial charge in [-0.15, -0.1) is 0 Å². The van der Waals surface area contributed by atoms with Gasteiger partial charge in [-0.25, -0.2) is 0 Å². The molecular weight excluding hydrogens is 332 g/mol. The van der Waals surface area contributed by atoms with Crippen LogP contribution in [0.5, 0.6) is 0 Å². The molecule has 0 fully saturated rings. The summed E-state index contributed by atoms with van der Waals surface area (Å²) in [5, 5.41) is 39.0. The van der Waals surface area contributed by atoms with Gasteiger partial charge in [0, 0.05) is 39.3 Å². The molecule has 150 valence electrons. The monoisotopic (exact) mass is 368 g/mol. The summed E-state index contributed by atoms with van der Waals surface area (Å²) in [6, 6.07) is 8.07. The maximum atomic E-state index is 9.74. The highest BCUT2D eigenvalue weighted by Crippen LogP contribution is 2.16. The zero-order chi connectivity index (χ0) is 19.7. The summed E-state index contributed by atoms with van der Waals surface area (Å²) in [4.78, 5) is 4.09. The average molecular weight is 369 g/mol. The third-order valence-corrected chi connectivity index (χ3v) is 4.00. The Bertz CT molecular complexity index is 441. The second kappa shape index (κ2) is 11.6. The number of benzene rings is 1. The van der Waals surface area contributed by atoms with Gasteiger partial charge in [0.15, 0.2) is 0 Å². The average Bonchev–Trinajstić information content (AvgIpc) is 2.46. The molecule has 4 unspecified atom stereocenters. The van der Waals surface area contributed by atoms with Gasteiger partial charge in [0.25, 0.3) is 0 Å². The summed E-state index contributed by atoms with van der Waals surface area (Å²) in [7, 11) is 0. The van der Waals surface area contributed by atoms with Gasteiger partial charge >= 0.3 is 0 Å². The van der Waals surface area contributed by atoms with Gasteiger partial charge in [0.2, 0.25) is 0 Å². The van der Waals surface area contributed by atoms with Crippen molar-refractivity contribution in [2.75, 3.05) is 26.2 Å². The van der Waals surface area contributed by atoms with Gasteiger partial charge in [-0.2, -0.15) is 0 Å². The molecule has 1 aromatic carbocycles. The van der Waals surface area contributed by atoms with Gasteiger partial charge in [-0.1, -0.05) is 24.3 Å². The lowest BCUT2D eigenvalue weighted by Crippen LogP contribution is -2.37. The second-order valence-corrected chi connectivity index (χ2v) is 7.55. The van der Waals surface area contributed by atoms with Crippen molar-refractivity contribution in [3.63, 3.8) is 0 Å². The second-order valence-electron chi connectivity index (χ2n) is 7.55. The van der Waals surface area contributed by atoms with Crippen molar-refractivity contribution in [1.82, 2.24) is 9.80 Å². The van der Waals surface area contributed by atoms with Crippen LogP contribution in [-0.4, -0.2) is 80.8 Å². The molecule has 1 aromatic rings. The maximum Gasteiger partial charge on any atom is 0.0639 e. The first-order valence-electron chi connectivity index (χ1n) is 9.41. The molecule has 0 amide bonds. The predicted octanol–water partition coefficient (Wildman–Crippen LogP) is 0.814. The highest BCUT2D eigenvalue weighted by molar-refractivity contribution is 5.27. The molecule has 6 heteroatoms. The Morgan fingerprint density at radius 1 is 0.615 bits per heavy atom. The Morgan fingerprint density at radius 2 is 0.885 bits per heavy atom. The fourth-order valence-corrected chi connectivity index (χ4v) is 3.25. The molecule has 0 radical (unpaired) electrons. The van der Waals surface area contributed by atoms with E-state index in [9.17, 15) is 20.4 Å². The van der Waals surface area contributed by atoms with Crippen molar-refractivity contribution in [3.05, 3.63) is 35.4 Å². The van der Waals surface area contributed by atoms with E-state index in [4.69, 9.17) is 0 Å². The summed E-state index contributed by atoms with van der Waals surface area (Å²) in [6.07, 6.45) is -1.88. The molecular formula is C20H36N2O4. The van der Waals surface area contributed by atoms with E-state index in [1.807, 2.05) is 21.9 Å². The van der Waals surface area contributed by atoms with Crippen LogP contribution >= 0.6 is 0 Å². The third kappa shape index (κ3) is 9.62. The summed E-state index contributed by atoms with van der Waals surface area (Å²) in [5.74, 6) is 0. The van der Waals surface area contributed by atoms with Crippen molar-refractivity contribution in [2.24, 2.45) is 0 Å². The molecule has 4 atom stereocenters. The molecule has 0 saturated carbocycles.